The molecule has 2 rings (SSSR count). The highest BCUT2D eigenvalue weighted by molar-refractivity contribution is 5.85. The minimum atomic E-state index is -0.143. The lowest BCUT2D eigenvalue weighted by atomic mass is 10.2. The number of esters is 1. The largest absolute Gasteiger partial charge is 0.493 e. The Hall–Kier alpha value is -2.17. The summed E-state index contributed by atoms with van der Waals surface area (Å²) in [5.41, 5.74) is 2.23. The van der Waals surface area contributed by atoms with Gasteiger partial charge in [0.25, 0.3) is 0 Å². The Balaban J connectivity index is 2.22. The summed E-state index contributed by atoms with van der Waals surface area (Å²) >= 11 is 0. The van der Waals surface area contributed by atoms with Crippen molar-refractivity contribution in [1.29, 1.82) is 0 Å². The lowest BCUT2D eigenvalue weighted by Crippen LogP contribution is -2.07. The molecule has 1 aromatic carbocycles. The standard InChI is InChI=1S/C17H23NO4/c1-5-22-17(19)7-6-8-18-12(2)9-13-10-15(20-3)16(21-4)11-14(13)18/h9-11H,5-8H2,1-4H3. The zero-order chi connectivity index (χ0) is 16.1. The van der Waals surface area contributed by atoms with Gasteiger partial charge in [-0.15, -0.1) is 0 Å². The van der Waals surface area contributed by atoms with Gasteiger partial charge < -0.3 is 18.8 Å². The highest BCUT2D eigenvalue weighted by Gasteiger charge is 2.12. The first kappa shape index (κ1) is 16.2. The van der Waals surface area contributed by atoms with Crippen LogP contribution in [-0.4, -0.2) is 31.4 Å². The van der Waals surface area contributed by atoms with Crippen molar-refractivity contribution in [3.8, 4) is 11.5 Å². The summed E-state index contributed by atoms with van der Waals surface area (Å²) in [6.45, 7) is 5.08. The first-order chi connectivity index (χ1) is 10.6. The Morgan fingerprint density at radius 2 is 1.82 bits per heavy atom. The van der Waals surface area contributed by atoms with Gasteiger partial charge in [-0.25, -0.2) is 0 Å². The van der Waals surface area contributed by atoms with Crippen molar-refractivity contribution in [2.45, 2.75) is 33.2 Å². The van der Waals surface area contributed by atoms with Gasteiger partial charge in [-0.2, -0.15) is 0 Å². The molecule has 120 valence electrons. The van der Waals surface area contributed by atoms with Crippen LogP contribution < -0.4 is 9.47 Å². The fourth-order valence-electron chi connectivity index (χ4n) is 2.64. The molecule has 0 atom stereocenters. The summed E-state index contributed by atoms with van der Waals surface area (Å²) in [6, 6.07) is 6.07. The number of fused-ring (bicyclic) bond motifs is 1. The van der Waals surface area contributed by atoms with Crippen LogP contribution in [-0.2, 0) is 16.1 Å². The van der Waals surface area contributed by atoms with Crippen LogP contribution in [0.25, 0.3) is 10.9 Å². The molecule has 0 amide bonds. The minimum Gasteiger partial charge on any atom is -0.493 e. The fraction of sp³-hybridized carbons (Fsp3) is 0.471. The highest BCUT2D eigenvalue weighted by atomic mass is 16.5. The van der Waals surface area contributed by atoms with Crippen LogP contribution in [0.2, 0.25) is 0 Å². The van der Waals surface area contributed by atoms with Crippen molar-refractivity contribution in [2.24, 2.45) is 0 Å². The molecule has 0 unspecified atom stereocenters. The maximum atomic E-state index is 11.4. The number of benzene rings is 1. The first-order valence-electron chi connectivity index (χ1n) is 7.48. The van der Waals surface area contributed by atoms with E-state index in [0.29, 0.717) is 18.8 Å². The second-order valence-corrected chi connectivity index (χ2v) is 5.11. The average Bonchev–Trinajstić information content (AvgIpc) is 2.81. The van der Waals surface area contributed by atoms with Gasteiger partial charge in [0.2, 0.25) is 0 Å². The number of carbonyl (C=O) groups excluding carboxylic acids is 1. The van der Waals surface area contributed by atoms with Crippen molar-refractivity contribution in [3.05, 3.63) is 23.9 Å². The van der Waals surface area contributed by atoms with Crippen molar-refractivity contribution < 1.29 is 19.0 Å². The Morgan fingerprint density at radius 1 is 1.14 bits per heavy atom. The number of aryl methyl sites for hydroxylation is 2. The van der Waals surface area contributed by atoms with Crippen LogP contribution in [0, 0.1) is 6.92 Å². The zero-order valence-corrected chi connectivity index (χ0v) is 13.6. The lowest BCUT2D eigenvalue weighted by molar-refractivity contribution is -0.143. The highest BCUT2D eigenvalue weighted by Crippen LogP contribution is 2.33. The predicted molar refractivity (Wildman–Crippen MR) is 85.6 cm³/mol. The molecule has 0 fully saturated rings. The Kier molecular flexibility index (Phi) is 5.31. The second kappa shape index (κ2) is 7.20. The maximum Gasteiger partial charge on any atom is 0.305 e. The number of hydrogen-bond donors (Lipinski definition) is 0. The zero-order valence-electron chi connectivity index (χ0n) is 13.6. The van der Waals surface area contributed by atoms with E-state index in [4.69, 9.17) is 14.2 Å². The topological polar surface area (TPSA) is 49.7 Å². The van der Waals surface area contributed by atoms with Crippen LogP contribution in [0.3, 0.4) is 0 Å². The summed E-state index contributed by atoms with van der Waals surface area (Å²) in [4.78, 5) is 11.4. The molecule has 0 radical (unpaired) electrons. The summed E-state index contributed by atoms with van der Waals surface area (Å²) in [6.07, 6.45) is 1.18. The monoisotopic (exact) mass is 305 g/mol. The molecule has 0 bridgehead atoms. The number of rotatable bonds is 7. The van der Waals surface area contributed by atoms with Gasteiger partial charge in [0.15, 0.2) is 11.5 Å². The van der Waals surface area contributed by atoms with E-state index in [1.807, 2.05) is 19.1 Å². The third-order valence-electron chi connectivity index (χ3n) is 3.68. The van der Waals surface area contributed by atoms with Crippen LogP contribution in [0.5, 0.6) is 11.5 Å². The Labute approximate surface area is 130 Å². The van der Waals surface area contributed by atoms with E-state index in [2.05, 4.69) is 17.6 Å². The number of hydrogen-bond acceptors (Lipinski definition) is 4. The maximum absolute atomic E-state index is 11.4. The van der Waals surface area contributed by atoms with Gasteiger partial charge in [-0.3, -0.25) is 4.79 Å². The molecule has 0 aliphatic rings. The summed E-state index contributed by atoms with van der Waals surface area (Å²) < 4.78 is 17.9. The number of ether oxygens (including phenoxy) is 3. The molecule has 0 saturated carbocycles. The number of methoxy groups -OCH3 is 2. The molecule has 1 heterocycles. The van der Waals surface area contributed by atoms with E-state index in [9.17, 15) is 4.79 Å². The normalized spacial score (nSPS) is 10.7. The molecular formula is C17H23NO4. The van der Waals surface area contributed by atoms with E-state index in [1.54, 1.807) is 14.2 Å². The van der Waals surface area contributed by atoms with Gasteiger partial charge in [0.05, 0.1) is 26.3 Å². The van der Waals surface area contributed by atoms with Crippen LogP contribution in [0.1, 0.15) is 25.5 Å². The molecule has 0 N–H and O–H groups in total. The van der Waals surface area contributed by atoms with Crippen molar-refractivity contribution in [1.82, 2.24) is 4.57 Å². The molecule has 1 aromatic heterocycles. The van der Waals surface area contributed by atoms with E-state index >= 15 is 0 Å². The Bertz CT molecular complexity index is 660. The molecule has 0 aliphatic heterocycles. The van der Waals surface area contributed by atoms with Crippen LogP contribution in [0.15, 0.2) is 18.2 Å². The molecule has 5 nitrogen and oxygen atoms in total. The number of carbonyl (C=O) groups is 1. The van der Waals surface area contributed by atoms with Crippen molar-refractivity contribution in [3.63, 3.8) is 0 Å². The second-order valence-electron chi connectivity index (χ2n) is 5.11. The number of aromatic nitrogens is 1. The van der Waals surface area contributed by atoms with Gasteiger partial charge in [-0.05, 0) is 32.4 Å². The molecule has 5 heteroatoms. The quantitative estimate of drug-likeness (QED) is 0.736. The summed E-state index contributed by atoms with van der Waals surface area (Å²) in [5.74, 6) is 1.29. The van der Waals surface area contributed by atoms with Crippen LogP contribution in [0.4, 0.5) is 0 Å². The third kappa shape index (κ3) is 3.35. The van der Waals surface area contributed by atoms with Crippen molar-refractivity contribution in [2.75, 3.05) is 20.8 Å². The van der Waals surface area contributed by atoms with Crippen molar-refractivity contribution >= 4 is 16.9 Å². The number of nitrogens with zero attached hydrogens (tertiary/aromatic N) is 1. The summed E-state index contributed by atoms with van der Waals surface area (Å²) in [7, 11) is 3.26. The minimum absolute atomic E-state index is 0.143. The molecular weight excluding hydrogens is 282 g/mol. The SMILES string of the molecule is CCOC(=O)CCCn1c(C)cc2cc(OC)c(OC)cc21. The van der Waals surface area contributed by atoms with E-state index in [-0.39, 0.29) is 5.97 Å². The fourth-order valence-corrected chi connectivity index (χ4v) is 2.64. The molecule has 2 aromatic rings. The average molecular weight is 305 g/mol. The van der Waals surface area contributed by atoms with E-state index in [0.717, 1.165) is 35.3 Å². The Morgan fingerprint density at radius 3 is 2.45 bits per heavy atom. The summed E-state index contributed by atoms with van der Waals surface area (Å²) in [5, 5.41) is 1.10. The van der Waals surface area contributed by atoms with Gasteiger partial charge in [0.1, 0.15) is 0 Å². The van der Waals surface area contributed by atoms with Crippen LogP contribution >= 0.6 is 0 Å². The van der Waals surface area contributed by atoms with Gasteiger partial charge >= 0.3 is 5.97 Å². The van der Waals surface area contributed by atoms with Gasteiger partial charge in [-0.1, -0.05) is 0 Å². The molecule has 0 saturated heterocycles. The lowest BCUT2D eigenvalue weighted by Gasteiger charge is -2.11. The first-order valence-corrected chi connectivity index (χ1v) is 7.48. The smallest absolute Gasteiger partial charge is 0.305 e. The van der Waals surface area contributed by atoms with Gasteiger partial charge in [0, 0.05) is 30.1 Å². The molecule has 22 heavy (non-hydrogen) atoms. The van der Waals surface area contributed by atoms with E-state index < -0.39 is 0 Å². The third-order valence-corrected chi connectivity index (χ3v) is 3.68. The molecule has 0 spiro atoms. The predicted octanol–water partition coefficient (Wildman–Crippen LogP) is 3.31. The van der Waals surface area contributed by atoms with E-state index in [1.165, 1.54) is 0 Å². The molecule has 0 aliphatic carbocycles.